The maximum Gasteiger partial charge on any atom is 0.294 e. The molecule has 98 valence electrons. The van der Waals surface area contributed by atoms with Crippen molar-refractivity contribution in [1.29, 1.82) is 0 Å². The highest BCUT2D eigenvalue weighted by Crippen LogP contribution is 2.33. The fourth-order valence-electron chi connectivity index (χ4n) is 1.80. The molecule has 1 fully saturated rings. The topological polar surface area (TPSA) is 94.9 Å². The third-order valence-corrected chi connectivity index (χ3v) is 3.84. The van der Waals surface area contributed by atoms with Crippen LogP contribution in [0.2, 0.25) is 0 Å². The van der Waals surface area contributed by atoms with Gasteiger partial charge in [0.05, 0.1) is 10.6 Å². The van der Waals surface area contributed by atoms with E-state index in [0.29, 0.717) is 0 Å². The first-order chi connectivity index (χ1) is 8.29. The molecule has 1 atom stereocenters. The highest BCUT2D eigenvalue weighted by atomic mass is 32.2. The van der Waals surface area contributed by atoms with Gasteiger partial charge in [-0.2, -0.15) is 21.0 Å². The highest BCUT2D eigenvalue weighted by molar-refractivity contribution is 7.85. The Bertz CT molecular complexity index is 598. The number of nitrogens with zero attached hydrogens (tertiary/aromatic N) is 1. The number of amides is 1. The lowest BCUT2D eigenvalue weighted by molar-refractivity contribution is -0.117. The van der Waals surface area contributed by atoms with E-state index in [1.54, 1.807) is 0 Å². The van der Waals surface area contributed by atoms with E-state index in [2.05, 4.69) is 12.6 Å². The molecular formula is C10H11NO5S2. The Morgan fingerprint density at radius 3 is 2.56 bits per heavy atom. The standard InChI is InChI=1S/C10H11NO5S2/c12-9-2-1-7(18(14,15)16)4-8(9)11-5-6(17)3-10(11)13/h1-2,4,6,12,17H,3,5H2,(H,14,15,16). The van der Waals surface area contributed by atoms with Crippen molar-refractivity contribution in [2.24, 2.45) is 0 Å². The van der Waals surface area contributed by atoms with E-state index in [9.17, 15) is 18.3 Å². The SMILES string of the molecule is O=C1CC(S)CN1c1cc(S(=O)(=O)O)ccc1O. The molecule has 1 saturated heterocycles. The molecule has 0 aliphatic carbocycles. The fraction of sp³-hybridized carbons (Fsp3) is 0.300. The maximum absolute atomic E-state index is 11.7. The van der Waals surface area contributed by atoms with E-state index in [0.717, 1.165) is 18.2 Å². The molecule has 1 aromatic rings. The average molecular weight is 289 g/mol. The number of hydrogen-bond donors (Lipinski definition) is 3. The van der Waals surface area contributed by atoms with E-state index >= 15 is 0 Å². The zero-order valence-electron chi connectivity index (χ0n) is 9.15. The van der Waals surface area contributed by atoms with Crippen molar-refractivity contribution in [3.63, 3.8) is 0 Å². The Morgan fingerprint density at radius 1 is 1.39 bits per heavy atom. The van der Waals surface area contributed by atoms with Crippen molar-refractivity contribution in [3.05, 3.63) is 18.2 Å². The minimum absolute atomic E-state index is 0.0617. The molecule has 0 saturated carbocycles. The van der Waals surface area contributed by atoms with Crippen molar-refractivity contribution < 1.29 is 22.9 Å². The van der Waals surface area contributed by atoms with Crippen LogP contribution in [0.4, 0.5) is 5.69 Å². The molecule has 2 rings (SSSR count). The number of phenolic OH excluding ortho intramolecular Hbond substituents is 1. The van der Waals surface area contributed by atoms with Crippen molar-refractivity contribution >= 4 is 34.3 Å². The van der Waals surface area contributed by atoms with Crippen LogP contribution < -0.4 is 4.90 Å². The number of carbonyl (C=O) groups excluding carboxylic acids is 1. The van der Waals surface area contributed by atoms with Crippen molar-refractivity contribution in [2.45, 2.75) is 16.6 Å². The van der Waals surface area contributed by atoms with Gasteiger partial charge in [0.1, 0.15) is 5.75 Å². The number of phenols is 1. The second-order valence-electron chi connectivity index (χ2n) is 3.99. The van der Waals surface area contributed by atoms with Gasteiger partial charge in [0.2, 0.25) is 5.91 Å². The lowest BCUT2D eigenvalue weighted by Gasteiger charge is -2.17. The summed E-state index contributed by atoms with van der Waals surface area (Å²) in [7, 11) is -4.37. The molecule has 8 heteroatoms. The van der Waals surface area contributed by atoms with Gasteiger partial charge in [0, 0.05) is 18.2 Å². The van der Waals surface area contributed by atoms with Crippen molar-refractivity contribution in [1.82, 2.24) is 0 Å². The maximum atomic E-state index is 11.7. The number of aromatic hydroxyl groups is 1. The Morgan fingerprint density at radius 2 is 2.06 bits per heavy atom. The molecule has 1 aliphatic heterocycles. The predicted molar refractivity (Wildman–Crippen MR) is 67.7 cm³/mol. The van der Waals surface area contributed by atoms with E-state index in [1.165, 1.54) is 4.90 Å². The molecule has 6 nitrogen and oxygen atoms in total. The summed E-state index contributed by atoms with van der Waals surface area (Å²) >= 11 is 4.17. The summed E-state index contributed by atoms with van der Waals surface area (Å²) in [6, 6.07) is 3.25. The summed E-state index contributed by atoms with van der Waals surface area (Å²) in [6.07, 6.45) is 0.221. The first kappa shape index (κ1) is 13.2. The average Bonchev–Trinajstić information content (AvgIpc) is 2.56. The zero-order chi connectivity index (χ0) is 13.5. The molecule has 0 spiro atoms. The zero-order valence-corrected chi connectivity index (χ0v) is 10.9. The number of rotatable bonds is 2. The van der Waals surface area contributed by atoms with Crippen LogP contribution in [0.15, 0.2) is 23.1 Å². The van der Waals surface area contributed by atoms with Crippen LogP contribution in [0.1, 0.15) is 6.42 Å². The Labute approximate surface area is 109 Å². The number of hydrogen-bond acceptors (Lipinski definition) is 5. The van der Waals surface area contributed by atoms with Gasteiger partial charge in [-0.15, -0.1) is 0 Å². The minimum atomic E-state index is -4.37. The van der Waals surface area contributed by atoms with Gasteiger partial charge < -0.3 is 10.0 Å². The quantitative estimate of drug-likeness (QED) is 0.549. The smallest absolute Gasteiger partial charge is 0.294 e. The summed E-state index contributed by atoms with van der Waals surface area (Å²) in [6.45, 7) is 0.282. The third-order valence-electron chi connectivity index (χ3n) is 2.64. The van der Waals surface area contributed by atoms with Crippen molar-refractivity contribution in [2.75, 3.05) is 11.4 Å². The third kappa shape index (κ3) is 2.45. The van der Waals surface area contributed by atoms with Crippen LogP contribution in [0.5, 0.6) is 5.75 Å². The van der Waals surface area contributed by atoms with E-state index in [-0.39, 0.29) is 40.5 Å². The van der Waals surface area contributed by atoms with E-state index < -0.39 is 10.1 Å². The van der Waals surface area contributed by atoms with Gasteiger partial charge >= 0.3 is 0 Å². The molecule has 0 bridgehead atoms. The molecule has 1 aliphatic rings. The van der Waals surface area contributed by atoms with Crippen LogP contribution in [-0.4, -0.2) is 35.8 Å². The lowest BCUT2D eigenvalue weighted by atomic mass is 10.2. The van der Waals surface area contributed by atoms with Crippen LogP contribution in [-0.2, 0) is 14.9 Å². The van der Waals surface area contributed by atoms with E-state index in [4.69, 9.17) is 4.55 Å². The summed E-state index contributed by atoms with van der Waals surface area (Å²) < 4.78 is 31.0. The second-order valence-corrected chi connectivity index (χ2v) is 6.14. The van der Waals surface area contributed by atoms with Gasteiger partial charge in [-0.25, -0.2) is 0 Å². The van der Waals surface area contributed by atoms with Gasteiger partial charge in [0.15, 0.2) is 0 Å². The molecule has 1 unspecified atom stereocenters. The highest BCUT2D eigenvalue weighted by Gasteiger charge is 2.30. The van der Waals surface area contributed by atoms with Crippen LogP contribution >= 0.6 is 12.6 Å². The largest absolute Gasteiger partial charge is 0.506 e. The number of carbonyl (C=O) groups is 1. The molecule has 2 N–H and O–H groups in total. The molecule has 0 aromatic heterocycles. The van der Waals surface area contributed by atoms with Gasteiger partial charge in [-0.3, -0.25) is 9.35 Å². The summed E-state index contributed by atoms with van der Waals surface area (Å²) in [5.74, 6) is -0.476. The van der Waals surface area contributed by atoms with Gasteiger partial charge in [0.25, 0.3) is 10.1 Å². The van der Waals surface area contributed by atoms with E-state index in [1.807, 2.05) is 0 Å². The summed E-state index contributed by atoms with van der Waals surface area (Å²) in [4.78, 5) is 12.5. The van der Waals surface area contributed by atoms with Crippen molar-refractivity contribution in [3.8, 4) is 5.75 Å². The molecule has 1 aromatic carbocycles. The molecule has 18 heavy (non-hydrogen) atoms. The monoisotopic (exact) mass is 289 g/mol. The summed E-state index contributed by atoms with van der Waals surface area (Å²) in [5, 5.41) is 9.51. The molecular weight excluding hydrogens is 278 g/mol. The second kappa shape index (κ2) is 4.45. The molecule has 1 heterocycles. The number of benzene rings is 1. The molecule has 0 radical (unpaired) electrons. The number of thiol groups is 1. The Kier molecular flexibility index (Phi) is 3.26. The van der Waals surface area contributed by atoms with Crippen LogP contribution in [0, 0.1) is 0 Å². The van der Waals surface area contributed by atoms with Gasteiger partial charge in [-0.1, -0.05) is 0 Å². The predicted octanol–water partition coefficient (Wildman–Crippen LogP) is 0.674. The van der Waals surface area contributed by atoms with Crippen LogP contribution in [0.3, 0.4) is 0 Å². The normalized spacial score (nSPS) is 20.4. The fourth-order valence-corrected chi connectivity index (χ4v) is 2.62. The first-order valence-corrected chi connectivity index (χ1v) is 7.03. The van der Waals surface area contributed by atoms with Gasteiger partial charge in [-0.05, 0) is 18.2 Å². The minimum Gasteiger partial charge on any atom is -0.506 e. The summed E-state index contributed by atoms with van der Waals surface area (Å²) in [5.41, 5.74) is 0.0617. The molecule has 1 amide bonds. The Balaban J connectivity index is 2.48. The first-order valence-electron chi connectivity index (χ1n) is 5.08. The number of anilines is 1. The van der Waals surface area contributed by atoms with Crippen LogP contribution in [0.25, 0.3) is 0 Å². The lowest BCUT2D eigenvalue weighted by Crippen LogP contribution is -2.24. The Hall–Kier alpha value is -1.25.